The molecule has 2 N–H and O–H groups in total. The van der Waals surface area contributed by atoms with Crippen molar-refractivity contribution in [3.63, 3.8) is 0 Å². The maximum Gasteiger partial charge on any atom is 0.412 e. The quantitative estimate of drug-likeness (QED) is 0.719. The van der Waals surface area contributed by atoms with E-state index >= 15 is 0 Å². The van der Waals surface area contributed by atoms with Crippen LogP contribution in [0.5, 0.6) is 0 Å². The van der Waals surface area contributed by atoms with Crippen LogP contribution in [0.3, 0.4) is 0 Å². The summed E-state index contributed by atoms with van der Waals surface area (Å²) in [7, 11) is -3.24. The molecule has 0 fully saturated rings. The predicted molar refractivity (Wildman–Crippen MR) is 97.8 cm³/mol. The van der Waals surface area contributed by atoms with Crippen LogP contribution in [0.15, 0.2) is 41.3 Å². The second-order valence-electron chi connectivity index (χ2n) is 6.82. The number of rotatable bonds is 2. The SMILES string of the molecule is CC1(C)OC(=O)Nc2cc3nc(-c4ccc(S(C)(=O)=O)cc4)[nH]c3cc21. The summed E-state index contributed by atoms with van der Waals surface area (Å²) in [5, 5.41) is 2.70. The molecule has 0 radical (unpaired) electrons. The summed E-state index contributed by atoms with van der Waals surface area (Å²) in [6.45, 7) is 3.66. The van der Waals surface area contributed by atoms with Gasteiger partial charge in [0.25, 0.3) is 0 Å². The van der Waals surface area contributed by atoms with Gasteiger partial charge in [0.15, 0.2) is 9.84 Å². The van der Waals surface area contributed by atoms with Crippen molar-refractivity contribution >= 4 is 32.7 Å². The molecule has 0 saturated carbocycles. The minimum atomic E-state index is -3.24. The Morgan fingerprint density at radius 3 is 2.46 bits per heavy atom. The summed E-state index contributed by atoms with van der Waals surface area (Å²) < 4.78 is 28.5. The second-order valence-corrected chi connectivity index (χ2v) is 8.84. The van der Waals surface area contributed by atoms with E-state index in [2.05, 4.69) is 15.3 Å². The molecule has 8 heteroatoms. The number of sulfone groups is 1. The Hall–Kier alpha value is -2.87. The van der Waals surface area contributed by atoms with Crippen molar-refractivity contribution in [1.29, 1.82) is 0 Å². The third kappa shape index (κ3) is 2.72. The lowest BCUT2D eigenvalue weighted by atomic mass is 9.94. The molecule has 1 aromatic heterocycles. The van der Waals surface area contributed by atoms with Crippen molar-refractivity contribution in [2.45, 2.75) is 24.3 Å². The van der Waals surface area contributed by atoms with Crippen LogP contribution in [0, 0.1) is 0 Å². The van der Waals surface area contributed by atoms with Crippen LogP contribution >= 0.6 is 0 Å². The first-order valence-electron chi connectivity index (χ1n) is 7.98. The van der Waals surface area contributed by atoms with Gasteiger partial charge >= 0.3 is 6.09 Å². The molecule has 0 aliphatic carbocycles. The van der Waals surface area contributed by atoms with Crippen LogP contribution in [-0.2, 0) is 20.2 Å². The van der Waals surface area contributed by atoms with Crippen molar-refractivity contribution in [1.82, 2.24) is 9.97 Å². The Labute approximate surface area is 150 Å². The maximum absolute atomic E-state index is 11.7. The van der Waals surface area contributed by atoms with Gasteiger partial charge in [-0.3, -0.25) is 5.32 Å². The number of aromatic amines is 1. The maximum atomic E-state index is 11.7. The Bertz CT molecular complexity index is 1150. The number of hydrogen-bond acceptors (Lipinski definition) is 5. The number of nitrogens with one attached hydrogen (secondary N) is 2. The molecular weight excluding hydrogens is 354 g/mol. The highest BCUT2D eigenvalue weighted by Gasteiger charge is 2.34. The van der Waals surface area contributed by atoms with E-state index in [-0.39, 0.29) is 4.90 Å². The molecule has 0 saturated heterocycles. The number of carbonyl (C=O) groups is 1. The molecule has 7 nitrogen and oxygen atoms in total. The number of cyclic esters (lactones) is 1. The van der Waals surface area contributed by atoms with Crippen LogP contribution in [-0.4, -0.2) is 30.7 Å². The zero-order valence-electron chi connectivity index (χ0n) is 14.5. The van der Waals surface area contributed by atoms with E-state index in [1.54, 1.807) is 30.3 Å². The molecule has 3 aromatic rings. The van der Waals surface area contributed by atoms with Crippen LogP contribution in [0.1, 0.15) is 19.4 Å². The topological polar surface area (TPSA) is 101 Å². The van der Waals surface area contributed by atoms with Crippen molar-refractivity contribution in [3.8, 4) is 11.4 Å². The molecule has 2 aromatic carbocycles. The third-order valence-electron chi connectivity index (χ3n) is 4.41. The highest BCUT2D eigenvalue weighted by molar-refractivity contribution is 7.90. The number of anilines is 1. The Kier molecular flexibility index (Phi) is 3.39. The molecule has 4 rings (SSSR count). The van der Waals surface area contributed by atoms with Gasteiger partial charge in [0, 0.05) is 17.4 Å². The smallest absolute Gasteiger partial charge is 0.412 e. The minimum absolute atomic E-state index is 0.259. The fourth-order valence-electron chi connectivity index (χ4n) is 3.08. The molecule has 26 heavy (non-hydrogen) atoms. The van der Waals surface area contributed by atoms with Gasteiger partial charge in [-0.2, -0.15) is 0 Å². The first kappa shape index (κ1) is 16.6. The summed E-state index contributed by atoms with van der Waals surface area (Å²) in [5.74, 6) is 0.618. The van der Waals surface area contributed by atoms with Crippen LogP contribution in [0.25, 0.3) is 22.4 Å². The number of aromatic nitrogens is 2. The predicted octanol–water partition coefficient (Wildman–Crippen LogP) is 3.43. The Balaban J connectivity index is 1.80. The third-order valence-corrected chi connectivity index (χ3v) is 5.54. The first-order chi connectivity index (χ1) is 12.1. The summed E-state index contributed by atoms with van der Waals surface area (Å²) in [5.41, 5.74) is 3.05. The average Bonchev–Trinajstić information content (AvgIpc) is 2.95. The lowest BCUT2D eigenvalue weighted by Crippen LogP contribution is -2.34. The van der Waals surface area contributed by atoms with Crippen molar-refractivity contribution < 1.29 is 17.9 Å². The van der Waals surface area contributed by atoms with E-state index in [4.69, 9.17) is 4.74 Å². The van der Waals surface area contributed by atoms with Gasteiger partial charge in [0.1, 0.15) is 11.4 Å². The van der Waals surface area contributed by atoms with Crippen molar-refractivity contribution in [2.24, 2.45) is 0 Å². The number of nitrogens with zero attached hydrogens (tertiary/aromatic N) is 1. The average molecular weight is 371 g/mol. The van der Waals surface area contributed by atoms with E-state index in [0.717, 1.165) is 16.6 Å². The van der Waals surface area contributed by atoms with E-state index in [9.17, 15) is 13.2 Å². The molecule has 1 amide bonds. The fourth-order valence-corrected chi connectivity index (χ4v) is 3.71. The van der Waals surface area contributed by atoms with E-state index < -0.39 is 21.5 Å². The van der Waals surface area contributed by atoms with Gasteiger partial charge in [-0.15, -0.1) is 0 Å². The molecule has 134 valence electrons. The largest absolute Gasteiger partial charge is 0.438 e. The number of amides is 1. The normalized spacial score (nSPS) is 16.0. The molecule has 0 atom stereocenters. The molecule has 0 bridgehead atoms. The molecule has 0 unspecified atom stereocenters. The highest BCUT2D eigenvalue weighted by Crippen LogP contribution is 2.38. The molecule has 1 aliphatic heterocycles. The number of ether oxygens (including phenoxy) is 1. The van der Waals surface area contributed by atoms with Gasteiger partial charge in [-0.05, 0) is 50.2 Å². The lowest BCUT2D eigenvalue weighted by Gasteiger charge is -2.32. The molecular formula is C18H17N3O4S. The number of benzene rings is 2. The first-order valence-corrected chi connectivity index (χ1v) is 9.87. The van der Waals surface area contributed by atoms with Crippen molar-refractivity contribution in [3.05, 3.63) is 42.0 Å². The Morgan fingerprint density at radius 1 is 1.12 bits per heavy atom. The van der Waals surface area contributed by atoms with Gasteiger partial charge in [-0.1, -0.05) is 0 Å². The van der Waals surface area contributed by atoms with Crippen LogP contribution in [0.4, 0.5) is 10.5 Å². The van der Waals surface area contributed by atoms with Gasteiger partial charge in [0.2, 0.25) is 0 Å². The number of fused-ring (bicyclic) bond motifs is 2. The van der Waals surface area contributed by atoms with E-state index in [1.807, 2.05) is 19.9 Å². The second kappa shape index (κ2) is 5.31. The van der Waals surface area contributed by atoms with Crippen LogP contribution < -0.4 is 5.32 Å². The number of imidazole rings is 1. The summed E-state index contributed by atoms with van der Waals surface area (Å²) in [6, 6.07) is 10.2. The highest BCUT2D eigenvalue weighted by atomic mass is 32.2. The minimum Gasteiger partial charge on any atom is -0.438 e. The number of H-pyrrole nitrogens is 1. The monoisotopic (exact) mass is 371 g/mol. The Morgan fingerprint density at radius 2 is 1.81 bits per heavy atom. The van der Waals surface area contributed by atoms with Gasteiger partial charge < -0.3 is 9.72 Å². The van der Waals surface area contributed by atoms with Crippen molar-refractivity contribution in [2.75, 3.05) is 11.6 Å². The number of carbonyl (C=O) groups excluding carboxylic acids is 1. The molecule has 2 heterocycles. The van der Waals surface area contributed by atoms with Gasteiger partial charge in [0.05, 0.1) is 21.6 Å². The number of hydrogen-bond donors (Lipinski definition) is 2. The summed E-state index contributed by atoms with van der Waals surface area (Å²) in [6.07, 6.45) is 0.681. The van der Waals surface area contributed by atoms with Crippen LogP contribution in [0.2, 0.25) is 0 Å². The fraction of sp³-hybridized carbons (Fsp3) is 0.222. The summed E-state index contributed by atoms with van der Waals surface area (Å²) >= 11 is 0. The molecule has 1 aliphatic rings. The van der Waals surface area contributed by atoms with E-state index in [0.29, 0.717) is 17.0 Å². The lowest BCUT2D eigenvalue weighted by molar-refractivity contribution is 0.0421. The zero-order valence-corrected chi connectivity index (χ0v) is 15.3. The van der Waals surface area contributed by atoms with E-state index in [1.165, 1.54) is 6.26 Å². The molecule has 0 spiro atoms. The zero-order chi connectivity index (χ0) is 18.7. The standard InChI is InChI=1S/C18H17N3O4S/c1-18(2)12-8-14-15(9-13(12)21-17(22)25-18)20-16(19-14)10-4-6-11(7-5-10)26(3,23)24/h4-9H,1-3H3,(H,19,20)(H,21,22). The summed E-state index contributed by atoms with van der Waals surface area (Å²) in [4.78, 5) is 19.8. The van der Waals surface area contributed by atoms with Gasteiger partial charge in [-0.25, -0.2) is 18.2 Å².